The maximum atomic E-state index is 4.27. The van der Waals surface area contributed by atoms with Gasteiger partial charge in [0, 0.05) is 39.1 Å². The van der Waals surface area contributed by atoms with Crippen LogP contribution in [0.25, 0.3) is 0 Å². The summed E-state index contributed by atoms with van der Waals surface area (Å²) in [5.74, 6) is 2.47. The Hall–Kier alpha value is -1.57. The van der Waals surface area contributed by atoms with Crippen molar-refractivity contribution in [2.24, 2.45) is 10.9 Å². The molecule has 0 unspecified atom stereocenters. The number of hydrogen-bond acceptors (Lipinski definition) is 2. The van der Waals surface area contributed by atoms with Crippen LogP contribution in [0.15, 0.2) is 41.7 Å². The molecule has 0 saturated heterocycles. The fourth-order valence-electron chi connectivity index (χ4n) is 2.31. The third-order valence-electron chi connectivity index (χ3n) is 3.63. The molecule has 5 nitrogen and oxygen atoms in total. The number of nitrogens with zero attached hydrogens (tertiary/aromatic N) is 3. The first-order valence-corrected chi connectivity index (χ1v) is 8.08. The van der Waals surface area contributed by atoms with Crippen LogP contribution in [0, 0.1) is 12.8 Å². The standard InChI is InChI=1S/C18H27N5.HI/c1-14(2)11-21-18(19-4)22-12-16-6-5-7-17(10-16)13-23-9-8-20-15(23)3;/h5-10,14H,11-13H2,1-4H3,(H2,19,21,22);1H. The zero-order valence-corrected chi connectivity index (χ0v) is 17.2. The number of aromatic nitrogens is 2. The molecule has 0 amide bonds. The fraction of sp³-hybridized carbons (Fsp3) is 0.444. The largest absolute Gasteiger partial charge is 0.356 e. The molecule has 0 aliphatic heterocycles. The summed E-state index contributed by atoms with van der Waals surface area (Å²) in [6.45, 7) is 8.91. The van der Waals surface area contributed by atoms with Crippen molar-refractivity contribution in [3.63, 3.8) is 0 Å². The van der Waals surface area contributed by atoms with Crippen molar-refractivity contribution in [3.05, 3.63) is 53.6 Å². The summed E-state index contributed by atoms with van der Waals surface area (Å²) in [7, 11) is 1.80. The highest BCUT2D eigenvalue weighted by atomic mass is 127. The zero-order chi connectivity index (χ0) is 16.7. The Morgan fingerprint density at radius 3 is 2.62 bits per heavy atom. The van der Waals surface area contributed by atoms with E-state index in [1.807, 2.05) is 19.3 Å². The van der Waals surface area contributed by atoms with Crippen molar-refractivity contribution < 1.29 is 0 Å². The number of aryl methyl sites for hydroxylation is 1. The van der Waals surface area contributed by atoms with Gasteiger partial charge in [0.2, 0.25) is 0 Å². The second-order valence-electron chi connectivity index (χ2n) is 6.12. The number of hydrogen-bond donors (Lipinski definition) is 2. The summed E-state index contributed by atoms with van der Waals surface area (Å²) in [6, 6.07) is 8.60. The molecule has 1 heterocycles. The average molecular weight is 441 g/mol. The average Bonchev–Trinajstić information content (AvgIpc) is 2.93. The number of benzene rings is 1. The lowest BCUT2D eigenvalue weighted by atomic mass is 10.1. The molecule has 24 heavy (non-hydrogen) atoms. The van der Waals surface area contributed by atoms with Crippen molar-refractivity contribution in [3.8, 4) is 0 Å². The van der Waals surface area contributed by atoms with Gasteiger partial charge in [-0.25, -0.2) is 4.98 Å². The van der Waals surface area contributed by atoms with Crippen molar-refractivity contribution in [1.29, 1.82) is 0 Å². The molecule has 0 atom stereocenters. The van der Waals surface area contributed by atoms with Gasteiger partial charge in [0.1, 0.15) is 5.82 Å². The summed E-state index contributed by atoms with van der Waals surface area (Å²) in [6.07, 6.45) is 3.85. The smallest absolute Gasteiger partial charge is 0.191 e. The molecule has 0 saturated carbocycles. The van der Waals surface area contributed by atoms with Crippen LogP contribution >= 0.6 is 24.0 Å². The Morgan fingerprint density at radius 1 is 1.25 bits per heavy atom. The molecule has 132 valence electrons. The van der Waals surface area contributed by atoms with Crippen LogP contribution in [0.5, 0.6) is 0 Å². The van der Waals surface area contributed by atoms with Crippen molar-refractivity contribution in [1.82, 2.24) is 20.2 Å². The molecule has 2 rings (SSSR count). The molecule has 2 aromatic rings. The van der Waals surface area contributed by atoms with E-state index in [1.165, 1.54) is 11.1 Å². The number of imidazole rings is 1. The predicted molar refractivity (Wildman–Crippen MR) is 111 cm³/mol. The molecular weight excluding hydrogens is 413 g/mol. The van der Waals surface area contributed by atoms with E-state index >= 15 is 0 Å². The minimum Gasteiger partial charge on any atom is -0.356 e. The summed E-state index contributed by atoms with van der Waals surface area (Å²) in [5.41, 5.74) is 2.52. The van der Waals surface area contributed by atoms with Crippen LogP contribution in [0.1, 0.15) is 30.8 Å². The normalized spacial score (nSPS) is 11.3. The number of guanidine groups is 1. The van der Waals surface area contributed by atoms with E-state index in [0.29, 0.717) is 5.92 Å². The van der Waals surface area contributed by atoms with Gasteiger partial charge in [-0.2, -0.15) is 0 Å². The van der Waals surface area contributed by atoms with Crippen LogP contribution in [0.3, 0.4) is 0 Å². The predicted octanol–water partition coefficient (Wildman–Crippen LogP) is 3.18. The van der Waals surface area contributed by atoms with Crippen LogP contribution in [-0.2, 0) is 13.1 Å². The van der Waals surface area contributed by atoms with Gasteiger partial charge in [-0.15, -0.1) is 24.0 Å². The topological polar surface area (TPSA) is 54.2 Å². The van der Waals surface area contributed by atoms with E-state index in [9.17, 15) is 0 Å². The third-order valence-corrected chi connectivity index (χ3v) is 3.63. The van der Waals surface area contributed by atoms with Crippen molar-refractivity contribution in [2.45, 2.75) is 33.9 Å². The molecule has 1 aromatic carbocycles. The molecule has 0 aliphatic rings. The first-order valence-electron chi connectivity index (χ1n) is 8.08. The van der Waals surface area contributed by atoms with Gasteiger partial charge >= 0.3 is 0 Å². The minimum atomic E-state index is 0. The monoisotopic (exact) mass is 441 g/mol. The second-order valence-corrected chi connectivity index (χ2v) is 6.12. The molecule has 0 fully saturated rings. The molecule has 6 heteroatoms. The SMILES string of the molecule is CN=C(NCc1cccc(Cn2ccnc2C)c1)NCC(C)C.I. The lowest BCUT2D eigenvalue weighted by molar-refractivity contribution is 0.614. The van der Waals surface area contributed by atoms with Crippen molar-refractivity contribution in [2.75, 3.05) is 13.6 Å². The van der Waals surface area contributed by atoms with Gasteiger partial charge in [-0.1, -0.05) is 38.1 Å². The van der Waals surface area contributed by atoms with E-state index < -0.39 is 0 Å². The summed E-state index contributed by atoms with van der Waals surface area (Å²) in [5, 5.41) is 6.68. The van der Waals surface area contributed by atoms with Gasteiger partial charge in [-0.3, -0.25) is 4.99 Å². The van der Waals surface area contributed by atoms with Crippen LogP contribution < -0.4 is 10.6 Å². The highest BCUT2D eigenvalue weighted by Crippen LogP contribution is 2.08. The minimum absolute atomic E-state index is 0. The molecule has 0 radical (unpaired) electrons. The second kappa shape index (κ2) is 10.3. The number of halogens is 1. The molecule has 2 N–H and O–H groups in total. The maximum absolute atomic E-state index is 4.27. The Bertz CT molecular complexity index is 648. The summed E-state index contributed by atoms with van der Waals surface area (Å²) >= 11 is 0. The van der Waals surface area contributed by atoms with E-state index in [0.717, 1.165) is 31.4 Å². The molecule has 0 spiro atoms. The van der Waals surface area contributed by atoms with E-state index in [-0.39, 0.29) is 24.0 Å². The summed E-state index contributed by atoms with van der Waals surface area (Å²) < 4.78 is 2.15. The first kappa shape index (κ1) is 20.5. The highest BCUT2D eigenvalue weighted by molar-refractivity contribution is 14.0. The van der Waals surface area contributed by atoms with Crippen molar-refractivity contribution >= 4 is 29.9 Å². The van der Waals surface area contributed by atoms with Gasteiger partial charge in [0.05, 0.1) is 0 Å². The first-order chi connectivity index (χ1) is 11.1. The molecule has 0 bridgehead atoms. The van der Waals surface area contributed by atoms with E-state index in [4.69, 9.17) is 0 Å². The van der Waals surface area contributed by atoms with E-state index in [2.05, 4.69) is 63.3 Å². The summed E-state index contributed by atoms with van der Waals surface area (Å²) in [4.78, 5) is 8.52. The van der Waals surface area contributed by atoms with Gasteiger partial charge < -0.3 is 15.2 Å². The van der Waals surface area contributed by atoms with Gasteiger partial charge in [0.15, 0.2) is 5.96 Å². The third kappa shape index (κ3) is 6.51. The fourth-order valence-corrected chi connectivity index (χ4v) is 2.31. The molecular formula is C18H28IN5. The lowest BCUT2D eigenvalue weighted by Gasteiger charge is -2.14. The van der Waals surface area contributed by atoms with E-state index in [1.54, 1.807) is 7.05 Å². The number of aliphatic imine (C=N–C) groups is 1. The molecule has 0 aliphatic carbocycles. The Morgan fingerprint density at radius 2 is 2.00 bits per heavy atom. The number of rotatable bonds is 6. The van der Waals surface area contributed by atoms with Crippen LogP contribution in [0.2, 0.25) is 0 Å². The Kier molecular flexibility index (Phi) is 8.81. The van der Waals surface area contributed by atoms with Crippen LogP contribution in [-0.4, -0.2) is 29.1 Å². The lowest BCUT2D eigenvalue weighted by Crippen LogP contribution is -2.38. The van der Waals surface area contributed by atoms with Gasteiger partial charge in [-0.05, 0) is 24.0 Å². The Balaban J connectivity index is 0.00000288. The highest BCUT2D eigenvalue weighted by Gasteiger charge is 2.02. The van der Waals surface area contributed by atoms with Crippen LogP contribution in [0.4, 0.5) is 0 Å². The number of nitrogens with one attached hydrogen (secondary N) is 2. The van der Waals surface area contributed by atoms with Gasteiger partial charge in [0.25, 0.3) is 0 Å². The quantitative estimate of drug-likeness (QED) is 0.412. The zero-order valence-electron chi connectivity index (χ0n) is 14.9. The Labute approximate surface area is 162 Å². The maximum Gasteiger partial charge on any atom is 0.191 e. The molecule has 1 aromatic heterocycles.